The van der Waals surface area contributed by atoms with Crippen molar-refractivity contribution < 1.29 is 4.79 Å². The van der Waals surface area contributed by atoms with Gasteiger partial charge in [-0.15, -0.1) is 0 Å². The molecule has 0 bridgehead atoms. The largest absolute Gasteiger partial charge is 0.368 e. The van der Waals surface area contributed by atoms with E-state index in [1.165, 1.54) is 5.56 Å². The fourth-order valence-corrected chi connectivity index (χ4v) is 2.37. The Morgan fingerprint density at radius 2 is 2.18 bits per heavy atom. The summed E-state index contributed by atoms with van der Waals surface area (Å²) in [5.74, 6) is -0.250. The molecule has 4 nitrogen and oxygen atoms in total. The minimum absolute atomic E-state index is 0.209. The second-order valence-corrected chi connectivity index (χ2v) is 4.45. The molecular weight excluding hydrogens is 214 g/mol. The quantitative estimate of drug-likeness (QED) is 0.799. The predicted molar refractivity (Wildman–Crippen MR) is 67.4 cm³/mol. The molecule has 3 N–H and O–H groups in total. The second-order valence-electron chi connectivity index (χ2n) is 4.45. The van der Waals surface area contributed by atoms with Crippen molar-refractivity contribution in [2.75, 3.05) is 19.6 Å². The molecule has 4 heteroatoms. The van der Waals surface area contributed by atoms with E-state index in [-0.39, 0.29) is 18.0 Å². The number of nitrogens with zero attached hydrogens (tertiary/aromatic N) is 1. The highest BCUT2D eigenvalue weighted by molar-refractivity contribution is 5.80. The van der Waals surface area contributed by atoms with Crippen LogP contribution in [-0.2, 0) is 4.79 Å². The molecule has 0 saturated carbocycles. The number of amides is 1. The number of rotatable bonds is 3. The van der Waals surface area contributed by atoms with Crippen molar-refractivity contribution in [3.8, 4) is 0 Å². The van der Waals surface area contributed by atoms with Crippen molar-refractivity contribution in [2.45, 2.75) is 19.0 Å². The highest BCUT2D eigenvalue weighted by atomic mass is 16.1. The molecule has 1 aromatic rings. The van der Waals surface area contributed by atoms with Gasteiger partial charge in [0.2, 0.25) is 5.91 Å². The van der Waals surface area contributed by atoms with Crippen molar-refractivity contribution in [3.63, 3.8) is 0 Å². The number of hydrogen-bond acceptors (Lipinski definition) is 3. The summed E-state index contributed by atoms with van der Waals surface area (Å²) in [6.07, 6.45) is 0. The van der Waals surface area contributed by atoms with E-state index in [1.54, 1.807) is 0 Å². The maximum Gasteiger partial charge on any atom is 0.236 e. The van der Waals surface area contributed by atoms with Gasteiger partial charge in [-0.3, -0.25) is 9.69 Å². The van der Waals surface area contributed by atoms with E-state index in [9.17, 15) is 4.79 Å². The lowest BCUT2D eigenvalue weighted by Crippen LogP contribution is -2.57. The fourth-order valence-electron chi connectivity index (χ4n) is 2.37. The van der Waals surface area contributed by atoms with Gasteiger partial charge < -0.3 is 11.1 Å². The Morgan fingerprint density at radius 3 is 2.82 bits per heavy atom. The number of nitrogens with one attached hydrogen (secondary N) is 1. The Labute approximate surface area is 102 Å². The maximum absolute atomic E-state index is 11.4. The molecule has 0 radical (unpaired) electrons. The highest BCUT2D eigenvalue weighted by Gasteiger charge is 2.30. The summed E-state index contributed by atoms with van der Waals surface area (Å²) in [6, 6.07) is 10.2. The minimum atomic E-state index is -0.250. The predicted octanol–water partition coefficient (Wildman–Crippen LogP) is 0.507. The third-order valence-electron chi connectivity index (χ3n) is 3.39. The van der Waals surface area contributed by atoms with E-state index >= 15 is 0 Å². The van der Waals surface area contributed by atoms with Crippen LogP contribution in [0.25, 0.3) is 0 Å². The highest BCUT2D eigenvalue weighted by Crippen LogP contribution is 2.22. The SMILES string of the molecule is C[C@H](c1ccccc1)N1CCNCC1C(N)=O. The Morgan fingerprint density at radius 1 is 1.47 bits per heavy atom. The molecule has 2 rings (SSSR count). The van der Waals surface area contributed by atoms with Crippen LogP contribution >= 0.6 is 0 Å². The van der Waals surface area contributed by atoms with Crippen molar-refractivity contribution >= 4 is 5.91 Å². The number of carbonyl (C=O) groups is 1. The molecule has 1 fully saturated rings. The molecule has 1 aliphatic rings. The van der Waals surface area contributed by atoms with Crippen LogP contribution in [0.2, 0.25) is 0 Å². The van der Waals surface area contributed by atoms with E-state index in [0.717, 1.165) is 13.1 Å². The molecule has 1 heterocycles. The van der Waals surface area contributed by atoms with Gasteiger partial charge in [-0.25, -0.2) is 0 Å². The third kappa shape index (κ3) is 2.65. The van der Waals surface area contributed by atoms with Crippen molar-refractivity contribution in [1.82, 2.24) is 10.2 Å². The van der Waals surface area contributed by atoms with Crippen LogP contribution in [-0.4, -0.2) is 36.5 Å². The lowest BCUT2D eigenvalue weighted by atomic mass is 10.0. The molecule has 0 aromatic heterocycles. The summed E-state index contributed by atoms with van der Waals surface area (Å²) in [5.41, 5.74) is 6.68. The Hall–Kier alpha value is -1.39. The Bertz CT molecular complexity index is 380. The number of hydrogen-bond donors (Lipinski definition) is 2. The average molecular weight is 233 g/mol. The van der Waals surface area contributed by atoms with Gasteiger partial charge in [-0.05, 0) is 12.5 Å². The number of carbonyl (C=O) groups excluding carboxylic acids is 1. The molecule has 1 aliphatic heterocycles. The fraction of sp³-hybridized carbons (Fsp3) is 0.462. The maximum atomic E-state index is 11.4. The molecule has 1 aromatic carbocycles. The second kappa shape index (κ2) is 5.29. The van der Waals surface area contributed by atoms with Crippen molar-refractivity contribution in [3.05, 3.63) is 35.9 Å². The van der Waals surface area contributed by atoms with E-state index in [1.807, 2.05) is 18.2 Å². The van der Waals surface area contributed by atoms with Gasteiger partial charge in [-0.2, -0.15) is 0 Å². The smallest absolute Gasteiger partial charge is 0.236 e. The monoisotopic (exact) mass is 233 g/mol. The number of benzene rings is 1. The van der Waals surface area contributed by atoms with E-state index in [0.29, 0.717) is 6.54 Å². The minimum Gasteiger partial charge on any atom is -0.368 e. The summed E-state index contributed by atoms with van der Waals surface area (Å²) in [7, 11) is 0. The number of piperazine rings is 1. The molecule has 0 aliphatic carbocycles. The van der Waals surface area contributed by atoms with Crippen LogP contribution in [0.5, 0.6) is 0 Å². The summed E-state index contributed by atoms with van der Waals surface area (Å²) in [4.78, 5) is 13.6. The van der Waals surface area contributed by atoms with Gasteiger partial charge >= 0.3 is 0 Å². The first-order valence-corrected chi connectivity index (χ1v) is 6.01. The van der Waals surface area contributed by atoms with Crippen molar-refractivity contribution in [1.29, 1.82) is 0 Å². The van der Waals surface area contributed by atoms with Crippen molar-refractivity contribution in [2.24, 2.45) is 5.73 Å². The van der Waals surface area contributed by atoms with Crippen LogP contribution in [0.1, 0.15) is 18.5 Å². The summed E-state index contributed by atoms with van der Waals surface area (Å²) < 4.78 is 0. The first-order chi connectivity index (χ1) is 8.20. The van der Waals surface area contributed by atoms with Gasteiger partial charge in [0.05, 0.1) is 0 Å². The van der Waals surface area contributed by atoms with Crippen LogP contribution in [0, 0.1) is 0 Å². The Balaban J connectivity index is 2.16. The molecule has 92 valence electrons. The van der Waals surface area contributed by atoms with E-state index in [2.05, 4.69) is 29.3 Å². The zero-order valence-electron chi connectivity index (χ0n) is 10.1. The zero-order chi connectivity index (χ0) is 12.3. The lowest BCUT2D eigenvalue weighted by molar-refractivity contribution is -0.124. The van der Waals surface area contributed by atoms with Crippen LogP contribution < -0.4 is 11.1 Å². The summed E-state index contributed by atoms with van der Waals surface area (Å²) in [6.45, 7) is 4.52. The molecular formula is C13H19N3O. The zero-order valence-corrected chi connectivity index (χ0v) is 10.1. The first-order valence-electron chi connectivity index (χ1n) is 6.01. The van der Waals surface area contributed by atoms with E-state index in [4.69, 9.17) is 5.73 Å². The molecule has 1 amide bonds. The van der Waals surface area contributed by atoms with Crippen LogP contribution in [0.15, 0.2) is 30.3 Å². The number of nitrogens with two attached hydrogens (primary N) is 1. The number of primary amides is 1. The van der Waals surface area contributed by atoms with Gasteiger partial charge in [0.25, 0.3) is 0 Å². The van der Waals surface area contributed by atoms with Crippen LogP contribution in [0.3, 0.4) is 0 Å². The third-order valence-corrected chi connectivity index (χ3v) is 3.39. The molecule has 17 heavy (non-hydrogen) atoms. The first kappa shape index (κ1) is 12.1. The summed E-state index contributed by atoms with van der Waals surface area (Å²) in [5, 5.41) is 3.21. The molecule has 0 spiro atoms. The average Bonchev–Trinajstić information content (AvgIpc) is 2.39. The van der Waals surface area contributed by atoms with Gasteiger partial charge in [0.1, 0.15) is 6.04 Å². The molecule has 2 atom stereocenters. The summed E-state index contributed by atoms with van der Waals surface area (Å²) >= 11 is 0. The molecule has 1 unspecified atom stereocenters. The van der Waals surface area contributed by atoms with Crippen LogP contribution in [0.4, 0.5) is 0 Å². The van der Waals surface area contributed by atoms with Gasteiger partial charge in [-0.1, -0.05) is 30.3 Å². The standard InChI is InChI=1S/C13H19N3O/c1-10(11-5-3-2-4-6-11)16-8-7-15-9-12(16)13(14)17/h2-6,10,12,15H,7-9H2,1H3,(H2,14,17)/t10-,12?/m1/s1. The lowest BCUT2D eigenvalue weighted by Gasteiger charge is -2.38. The topological polar surface area (TPSA) is 58.4 Å². The molecule has 1 saturated heterocycles. The van der Waals surface area contributed by atoms with E-state index < -0.39 is 0 Å². The Kier molecular flexibility index (Phi) is 3.76. The van der Waals surface area contributed by atoms with Gasteiger partial charge in [0.15, 0.2) is 0 Å². The van der Waals surface area contributed by atoms with Gasteiger partial charge in [0, 0.05) is 25.7 Å². The normalized spacial score (nSPS) is 23.2.